The monoisotopic (exact) mass is 374 g/mol. The number of nitrogens with one attached hydrogen (secondary N) is 1. The zero-order valence-corrected chi connectivity index (χ0v) is 16.6. The van der Waals surface area contributed by atoms with Crippen molar-refractivity contribution in [2.24, 2.45) is 0 Å². The normalized spacial score (nSPS) is 14.7. The van der Waals surface area contributed by atoms with Crippen molar-refractivity contribution >= 4 is 29.0 Å². The summed E-state index contributed by atoms with van der Waals surface area (Å²) in [5, 5.41) is 15.4. The highest BCUT2D eigenvalue weighted by Crippen LogP contribution is 2.26. The number of aromatic nitrogens is 4. The molecule has 1 aliphatic rings. The number of tetrazole rings is 1. The molecule has 0 unspecified atom stereocenters. The van der Waals surface area contributed by atoms with Crippen LogP contribution in [0, 0.1) is 6.92 Å². The summed E-state index contributed by atoms with van der Waals surface area (Å²) in [6.45, 7) is 10.3. The van der Waals surface area contributed by atoms with E-state index in [9.17, 15) is 4.79 Å². The van der Waals surface area contributed by atoms with Crippen LogP contribution in [0.15, 0.2) is 23.4 Å². The first-order valence-corrected chi connectivity index (χ1v) is 9.90. The van der Waals surface area contributed by atoms with Gasteiger partial charge in [-0.15, -0.1) is 5.10 Å². The lowest BCUT2D eigenvalue weighted by Gasteiger charge is -2.20. The second-order valence-electron chi connectivity index (χ2n) is 7.57. The van der Waals surface area contributed by atoms with Gasteiger partial charge in [0.25, 0.3) is 0 Å². The fourth-order valence-electron chi connectivity index (χ4n) is 2.97. The minimum absolute atomic E-state index is 0.0597. The Hall–Kier alpha value is -2.09. The lowest BCUT2D eigenvalue weighted by Crippen LogP contribution is -2.24. The van der Waals surface area contributed by atoms with Crippen LogP contribution in [-0.2, 0) is 10.3 Å². The Morgan fingerprint density at radius 2 is 2.00 bits per heavy atom. The minimum Gasteiger partial charge on any atom is -0.372 e. The van der Waals surface area contributed by atoms with Crippen LogP contribution < -0.4 is 10.2 Å². The number of amides is 1. The first-order valence-electron chi connectivity index (χ1n) is 8.92. The fourth-order valence-corrected chi connectivity index (χ4v) is 3.83. The Kier molecular flexibility index (Phi) is 5.50. The van der Waals surface area contributed by atoms with Gasteiger partial charge in [0.2, 0.25) is 11.1 Å². The number of carbonyl (C=O) groups is 1. The van der Waals surface area contributed by atoms with Crippen LogP contribution in [-0.4, -0.2) is 45.0 Å². The van der Waals surface area contributed by atoms with Crippen LogP contribution in [0.2, 0.25) is 0 Å². The van der Waals surface area contributed by atoms with Crippen LogP contribution in [0.4, 0.5) is 11.4 Å². The molecule has 1 aromatic carbocycles. The molecule has 1 saturated heterocycles. The van der Waals surface area contributed by atoms with Gasteiger partial charge in [-0.3, -0.25) is 4.79 Å². The van der Waals surface area contributed by atoms with E-state index in [1.54, 1.807) is 4.68 Å². The molecule has 0 atom stereocenters. The molecule has 2 heterocycles. The van der Waals surface area contributed by atoms with E-state index in [1.165, 1.54) is 30.3 Å². The summed E-state index contributed by atoms with van der Waals surface area (Å²) in [5.41, 5.74) is 2.95. The van der Waals surface area contributed by atoms with Crippen molar-refractivity contribution < 1.29 is 4.79 Å². The van der Waals surface area contributed by atoms with E-state index in [2.05, 4.69) is 37.9 Å². The van der Waals surface area contributed by atoms with E-state index in [4.69, 9.17) is 0 Å². The van der Waals surface area contributed by atoms with Crippen molar-refractivity contribution in [1.29, 1.82) is 0 Å². The summed E-state index contributed by atoms with van der Waals surface area (Å²) in [6.07, 6.45) is 2.51. The Morgan fingerprint density at radius 3 is 2.65 bits per heavy atom. The van der Waals surface area contributed by atoms with Gasteiger partial charge >= 0.3 is 0 Å². The van der Waals surface area contributed by atoms with Crippen molar-refractivity contribution in [3.05, 3.63) is 23.8 Å². The third-order valence-electron chi connectivity index (χ3n) is 4.36. The summed E-state index contributed by atoms with van der Waals surface area (Å²) in [4.78, 5) is 14.7. The van der Waals surface area contributed by atoms with Gasteiger partial charge in [-0.1, -0.05) is 11.8 Å². The molecule has 1 amide bonds. The fraction of sp³-hybridized carbons (Fsp3) is 0.556. The van der Waals surface area contributed by atoms with E-state index < -0.39 is 0 Å². The number of benzene rings is 1. The van der Waals surface area contributed by atoms with Crippen molar-refractivity contribution in [3.63, 3.8) is 0 Å². The molecular formula is C18H26N6OS. The zero-order valence-electron chi connectivity index (χ0n) is 15.8. The molecule has 0 spiro atoms. The highest BCUT2D eigenvalue weighted by molar-refractivity contribution is 7.99. The number of rotatable bonds is 5. The number of aryl methyl sites for hydroxylation is 1. The largest absolute Gasteiger partial charge is 0.372 e. The smallest absolute Gasteiger partial charge is 0.234 e. The molecule has 1 aliphatic heterocycles. The quantitative estimate of drug-likeness (QED) is 0.811. The molecule has 1 fully saturated rings. The summed E-state index contributed by atoms with van der Waals surface area (Å²) < 4.78 is 1.74. The third-order valence-corrected chi connectivity index (χ3v) is 5.28. The zero-order chi connectivity index (χ0) is 18.7. The van der Waals surface area contributed by atoms with Gasteiger partial charge in [0.15, 0.2) is 0 Å². The number of hydrogen-bond acceptors (Lipinski definition) is 6. The first kappa shape index (κ1) is 18.7. The highest BCUT2D eigenvalue weighted by Gasteiger charge is 2.21. The van der Waals surface area contributed by atoms with Gasteiger partial charge in [-0.05, 0) is 74.7 Å². The van der Waals surface area contributed by atoms with Crippen LogP contribution in [0.3, 0.4) is 0 Å². The van der Waals surface area contributed by atoms with E-state index in [0.29, 0.717) is 5.16 Å². The SMILES string of the molecule is Cc1cc(N2CCCC2)ccc1NC(=O)CSc1nnnn1C(C)(C)C. The van der Waals surface area contributed by atoms with Crippen LogP contribution in [0.5, 0.6) is 0 Å². The van der Waals surface area contributed by atoms with Crippen molar-refractivity contribution in [2.45, 2.75) is 51.2 Å². The average Bonchev–Trinajstić information content (AvgIpc) is 3.25. The number of anilines is 2. The van der Waals surface area contributed by atoms with Gasteiger partial charge in [-0.25, -0.2) is 4.68 Å². The van der Waals surface area contributed by atoms with E-state index in [-0.39, 0.29) is 17.2 Å². The maximum Gasteiger partial charge on any atom is 0.234 e. The highest BCUT2D eigenvalue weighted by atomic mass is 32.2. The number of thioether (sulfide) groups is 1. The summed E-state index contributed by atoms with van der Waals surface area (Å²) in [6, 6.07) is 6.22. The Labute approximate surface area is 158 Å². The summed E-state index contributed by atoms with van der Waals surface area (Å²) >= 11 is 1.34. The van der Waals surface area contributed by atoms with Gasteiger partial charge in [0.1, 0.15) is 0 Å². The summed E-state index contributed by atoms with van der Waals surface area (Å²) in [7, 11) is 0. The molecule has 0 radical (unpaired) electrons. The van der Waals surface area contributed by atoms with Crippen LogP contribution in [0.25, 0.3) is 0 Å². The lowest BCUT2D eigenvalue weighted by molar-refractivity contribution is -0.113. The minimum atomic E-state index is -0.218. The molecule has 0 aliphatic carbocycles. The Morgan fingerprint density at radius 1 is 1.27 bits per heavy atom. The van der Waals surface area contributed by atoms with Crippen molar-refractivity contribution in [3.8, 4) is 0 Å². The van der Waals surface area contributed by atoms with Gasteiger partial charge in [-0.2, -0.15) is 0 Å². The first-order chi connectivity index (χ1) is 12.3. The van der Waals surface area contributed by atoms with Crippen molar-refractivity contribution in [1.82, 2.24) is 20.2 Å². The molecule has 8 heteroatoms. The second-order valence-corrected chi connectivity index (χ2v) is 8.52. The topological polar surface area (TPSA) is 75.9 Å². The number of hydrogen-bond donors (Lipinski definition) is 1. The molecule has 0 bridgehead atoms. The standard InChI is InChI=1S/C18H26N6OS/c1-13-11-14(23-9-5-6-10-23)7-8-15(13)19-16(25)12-26-17-20-21-22-24(17)18(2,3)4/h7-8,11H,5-6,9-10,12H2,1-4H3,(H,19,25). The Balaban J connectivity index is 1.59. The molecule has 3 rings (SSSR count). The van der Waals surface area contributed by atoms with Gasteiger partial charge in [0, 0.05) is 24.5 Å². The molecular weight excluding hydrogens is 348 g/mol. The molecule has 1 N–H and O–H groups in total. The molecule has 0 saturated carbocycles. The number of carbonyl (C=O) groups excluding carboxylic acids is 1. The predicted molar refractivity (Wildman–Crippen MR) is 105 cm³/mol. The number of nitrogens with zero attached hydrogens (tertiary/aromatic N) is 5. The van der Waals surface area contributed by atoms with Crippen LogP contribution in [0.1, 0.15) is 39.2 Å². The lowest BCUT2D eigenvalue weighted by atomic mass is 10.1. The summed E-state index contributed by atoms with van der Waals surface area (Å²) in [5.74, 6) is 0.208. The molecule has 1 aromatic heterocycles. The van der Waals surface area contributed by atoms with Crippen LogP contribution >= 0.6 is 11.8 Å². The van der Waals surface area contributed by atoms with E-state index in [1.807, 2.05) is 33.8 Å². The predicted octanol–water partition coefficient (Wildman–Crippen LogP) is 3.07. The maximum atomic E-state index is 12.3. The average molecular weight is 375 g/mol. The van der Waals surface area contributed by atoms with Crippen molar-refractivity contribution in [2.75, 3.05) is 29.1 Å². The van der Waals surface area contributed by atoms with E-state index >= 15 is 0 Å². The van der Waals surface area contributed by atoms with Gasteiger partial charge < -0.3 is 10.2 Å². The molecule has 7 nitrogen and oxygen atoms in total. The van der Waals surface area contributed by atoms with E-state index in [0.717, 1.165) is 24.3 Å². The van der Waals surface area contributed by atoms with Gasteiger partial charge in [0.05, 0.1) is 11.3 Å². The molecule has 26 heavy (non-hydrogen) atoms. The third kappa shape index (κ3) is 4.35. The molecule has 2 aromatic rings. The second kappa shape index (κ2) is 7.65. The maximum absolute atomic E-state index is 12.3. The Bertz CT molecular complexity index is 776. The molecule has 140 valence electrons.